The van der Waals surface area contributed by atoms with Crippen molar-refractivity contribution < 1.29 is 4.42 Å². The maximum atomic E-state index is 5.93. The molecule has 0 aliphatic heterocycles. The molecule has 0 aromatic carbocycles. The van der Waals surface area contributed by atoms with Gasteiger partial charge in [-0.2, -0.15) is 0 Å². The van der Waals surface area contributed by atoms with Crippen molar-refractivity contribution in [1.82, 2.24) is 14.9 Å². The van der Waals surface area contributed by atoms with E-state index in [9.17, 15) is 0 Å². The smallest absolute Gasteiger partial charge is 0.124 e. The van der Waals surface area contributed by atoms with Crippen LogP contribution in [0.15, 0.2) is 22.9 Å². The zero-order chi connectivity index (χ0) is 13.8. The molecule has 19 heavy (non-hydrogen) atoms. The summed E-state index contributed by atoms with van der Waals surface area (Å²) in [6, 6.07) is 2.59. The third kappa shape index (κ3) is 3.47. The van der Waals surface area contributed by atoms with E-state index in [1.807, 2.05) is 12.4 Å². The van der Waals surface area contributed by atoms with E-state index in [1.54, 1.807) is 0 Å². The fourth-order valence-corrected chi connectivity index (χ4v) is 2.11. The number of aromatic nitrogens is 2. The average Bonchev–Trinajstić information content (AvgIpc) is 2.94. The summed E-state index contributed by atoms with van der Waals surface area (Å²) in [5.41, 5.74) is 1.21. The van der Waals surface area contributed by atoms with Crippen LogP contribution in [-0.2, 0) is 19.5 Å². The molecule has 0 bridgehead atoms. The summed E-state index contributed by atoms with van der Waals surface area (Å²) in [6.07, 6.45) is 4.78. The van der Waals surface area contributed by atoms with E-state index in [0.29, 0.717) is 6.04 Å². The van der Waals surface area contributed by atoms with E-state index >= 15 is 0 Å². The van der Waals surface area contributed by atoms with E-state index in [2.05, 4.69) is 48.6 Å². The normalized spacial score (nSPS) is 11.4. The third-order valence-corrected chi connectivity index (χ3v) is 3.19. The average molecular weight is 261 g/mol. The lowest BCUT2D eigenvalue weighted by atomic mass is 10.2. The van der Waals surface area contributed by atoms with Gasteiger partial charge in [0.2, 0.25) is 0 Å². The van der Waals surface area contributed by atoms with E-state index in [0.717, 1.165) is 36.9 Å². The van der Waals surface area contributed by atoms with Gasteiger partial charge in [-0.25, -0.2) is 4.98 Å². The molecule has 0 fully saturated rings. The molecular weight excluding hydrogens is 238 g/mol. The fraction of sp³-hybridized carbons (Fsp3) is 0.533. The van der Waals surface area contributed by atoms with Crippen molar-refractivity contribution in [3.05, 3.63) is 41.4 Å². The first-order valence-corrected chi connectivity index (χ1v) is 6.91. The van der Waals surface area contributed by atoms with Crippen LogP contribution in [0.25, 0.3) is 0 Å². The Morgan fingerprint density at radius 2 is 2.21 bits per heavy atom. The zero-order valence-electron chi connectivity index (χ0n) is 12.2. The Bertz CT molecular complexity index is 525. The van der Waals surface area contributed by atoms with Crippen molar-refractivity contribution >= 4 is 0 Å². The molecular formula is C15H23N3O. The number of furan rings is 1. The molecule has 4 heteroatoms. The SMILES string of the molecule is CCc1nccn1Cc1cc(C)c(CNC(C)C)o1. The van der Waals surface area contributed by atoms with E-state index in [4.69, 9.17) is 4.42 Å². The molecule has 0 amide bonds. The van der Waals surface area contributed by atoms with Gasteiger partial charge in [-0.1, -0.05) is 20.8 Å². The molecule has 2 heterocycles. The highest BCUT2D eigenvalue weighted by Gasteiger charge is 2.09. The highest BCUT2D eigenvalue weighted by Crippen LogP contribution is 2.16. The molecule has 0 saturated carbocycles. The predicted molar refractivity (Wildman–Crippen MR) is 76.1 cm³/mol. The number of imidazole rings is 1. The lowest BCUT2D eigenvalue weighted by Crippen LogP contribution is -2.21. The van der Waals surface area contributed by atoms with Crippen molar-refractivity contribution in [3.8, 4) is 0 Å². The molecule has 0 atom stereocenters. The maximum absolute atomic E-state index is 5.93. The van der Waals surface area contributed by atoms with Crippen LogP contribution >= 0.6 is 0 Å². The molecule has 0 saturated heterocycles. The Morgan fingerprint density at radius 1 is 1.42 bits per heavy atom. The van der Waals surface area contributed by atoms with Crippen molar-refractivity contribution in [2.45, 2.75) is 53.2 Å². The molecule has 2 aromatic rings. The van der Waals surface area contributed by atoms with Gasteiger partial charge < -0.3 is 14.3 Å². The Morgan fingerprint density at radius 3 is 2.89 bits per heavy atom. The van der Waals surface area contributed by atoms with E-state index < -0.39 is 0 Å². The second-order valence-corrected chi connectivity index (χ2v) is 5.18. The van der Waals surface area contributed by atoms with Gasteiger partial charge in [-0.05, 0) is 18.6 Å². The largest absolute Gasteiger partial charge is 0.463 e. The van der Waals surface area contributed by atoms with Crippen molar-refractivity contribution in [3.63, 3.8) is 0 Å². The molecule has 0 spiro atoms. The van der Waals surface area contributed by atoms with Crippen LogP contribution in [-0.4, -0.2) is 15.6 Å². The van der Waals surface area contributed by atoms with Crippen LogP contribution in [0.1, 0.15) is 43.7 Å². The molecule has 2 aromatic heterocycles. The van der Waals surface area contributed by atoms with Gasteiger partial charge in [0.15, 0.2) is 0 Å². The molecule has 0 aliphatic rings. The molecule has 1 N–H and O–H groups in total. The molecule has 2 rings (SSSR count). The Balaban J connectivity index is 2.07. The fourth-order valence-electron chi connectivity index (χ4n) is 2.11. The lowest BCUT2D eigenvalue weighted by Gasteiger charge is -2.06. The summed E-state index contributed by atoms with van der Waals surface area (Å²) in [5.74, 6) is 3.11. The van der Waals surface area contributed by atoms with Crippen LogP contribution in [0.4, 0.5) is 0 Å². The molecule has 0 radical (unpaired) electrons. The minimum Gasteiger partial charge on any atom is -0.463 e. The quantitative estimate of drug-likeness (QED) is 0.869. The molecule has 4 nitrogen and oxygen atoms in total. The molecule has 0 aliphatic carbocycles. The minimum absolute atomic E-state index is 0.466. The first-order valence-electron chi connectivity index (χ1n) is 6.91. The number of aryl methyl sites for hydroxylation is 2. The van der Waals surface area contributed by atoms with Crippen LogP contribution in [0, 0.1) is 6.92 Å². The number of nitrogens with zero attached hydrogens (tertiary/aromatic N) is 2. The zero-order valence-corrected chi connectivity index (χ0v) is 12.2. The maximum Gasteiger partial charge on any atom is 0.124 e. The Kier molecular flexibility index (Phi) is 4.43. The first-order chi connectivity index (χ1) is 9.10. The topological polar surface area (TPSA) is 43.0 Å². The summed E-state index contributed by atoms with van der Waals surface area (Å²) < 4.78 is 8.06. The lowest BCUT2D eigenvalue weighted by molar-refractivity contribution is 0.424. The number of hydrogen-bond donors (Lipinski definition) is 1. The molecule has 0 unspecified atom stereocenters. The Labute approximate surface area is 114 Å². The van der Waals surface area contributed by atoms with Gasteiger partial charge in [-0.15, -0.1) is 0 Å². The van der Waals surface area contributed by atoms with Gasteiger partial charge in [0.25, 0.3) is 0 Å². The van der Waals surface area contributed by atoms with Crippen molar-refractivity contribution in [2.24, 2.45) is 0 Å². The van der Waals surface area contributed by atoms with Crippen LogP contribution in [0.5, 0.6) is 0 Å². The van der Waals surface area contributed by atoms with Gasteiger partial charge in [0, 0.05) is 24.9 Å². The number of nitrogens with one attached hydrogen (secondary N) is 1. The standard InChI is InChI=1S/C15H23N3O/c1-5-15-16-6-7-18(15)10-13-8-12(4)14(19-13)9-17-11(2)3/h6-8,11,17H,5,9-10H2,1-4H3. The second kappa shape index (κ2) is 6.06. The van der Waals surface area contributed by atoms with E-state index in [-0.39, 0.29) is 0 Å². The predicted octanol–water partition coefficient (Wildman–Crippen LogP) is 2.89. The minimum atomic E-state index is 0.466. The monoisotopic (exact) mass is 261 g/mol. The second-order valence-electron chi connectivity index (χ2n) is 5.18. The molecule has 104 valence electrons. The number of rotatable bonds is 6. The van der Waals surface area contributed by atoms with Gasteiger partial charge in [0.1, 0.15) is 17.3 Å². The van der Waals surface area contributed by atoms with Gasteiger partial charge in [-0.3, -0.25) is 0 Å². The van der Waals surface area contributed by atoms with Crippen molar-refractivity contribution in [2.75, 3.05) is 0 Å². The van der Waals surface area contributed by atoms with Crippen LogP contribution in [0.2, 0.25) is 0 Å². The number of hydrogen-bond acceptors (Lipinski definition) is 3. The van der Waals surface area contributed by atoms with Crippen molar-refractivity contribution in [1.29, 1.82) is 0 Å². The van der Waals surface area contributed by atoms with Gasteiger partial charge in [0.05, 0.1) is 13.1 Å². The Hall–Kier alpha value is -1.55. The third-order valence-electron chi connectivity index (χ3n) is 3.19. The summed E-state index contributed by atoms with van der Waals surface area (Å²) >= 11 is 0. The first kappa shape index (κ1) is 13.9. The summed E-state index contributed by atoms with van der Waals surface area (Å²) in [4.78, 5) is 4.33. The summed E-state index contributed by atoms with van der Waals surface area (Å²) in [6.45, 7) is 10.0. The highest BCUT2D eigenvalue weighted by atomic mass is 16.3. The van der Waals surface area contributed by atoms with Crippen LogP contribution < -0.4 is 5.32 Å². The van der Waals surface area contributed by atoms with Crippen LogP contribution in [0.3, 0.4) is 0 Å². The van der Waals surface area contributed by atoms with Gasteiger partial charge >= 0.3 is 0 Å². The van der Waals surface area contributed by atoms with E-state index in [1.165, 1.54) is 5.56 Å². The summed E-state index contributed by atoms with van der Waals surface area (Å²) in [7, 11) is 0. The highest BCUT2D eigenvalue weighted by molar-refractivity contribution is 5.20. The summed E-state index contributed by atoms with van der Waals surface area (Å²) in [5, 5.41) is 3.38.